The van der Waals surface area contributed by atoms with Crippen molar-refractivity contribution in [3.63, 3.8) is 0 Å². The first kappa shape index (κ1) is 15.1. The summed E-state index contributed by atoms with van der Waals surface area (Å²) >= 11 is 0. The average Bonchev–Trinajstić information content (AvgIpc) is 2.48. The van der Waals surface area contributed by atoms with Crippen LogP contribution in [0.1, 0.15) is 64.0 Å². The highest BCUT2D eigenvalue weighted by molar-refractivity contribution is 5.79. The number of carbonyl (C=O) groups excluding carboxylic acids is 1. The molecule has 2 heteroatoms. The molecule has 1 amide bonds. The molecule has 2 nitrogen and oxygen atoms in total. The molecule has 1 N–H and O–H groups in total. The second kappa shape index (κ2) is 7.47. The second-order valence-corrected chi connectivity index (χ2v) is 6.44. The molecular formula is C18H27NO. The van der Waals surface area contributed by atoms with Crippen LogP contribution in [-0.2, 0) is 4.79 Å². The van der Waals surface area contributed by atoms with Crippen molar-refractivity contribution in [1.29, 1.82) is 0 Å². The molecule has 110 valence electrons. The molecule has 0 radical (unpaired) electrons. The molecule has 1 saturated carbocycles. The van der Waals surface area contributed by atoms with Crippen LogP contribution in [0.2, 0.25) is 0 Å². The number of hydrogen-bond acceptors (Lipinski definition) is 1. The van der Waals surface area contributed by atoms with Gasteiger partial charge in [0.15, 0.2) is 0 Å². The number of hydrogen-bond donors (Lipinski definition) is 1. The maximum absolute atomic E-state index is 12.5. The number of amides is 1. The zero-order valence-corrected chi connectivity index (χ0v) is 12.8. The van der Waals surface area contributed by atoms with Gasteiger partial charge in [-0.15, -0.1) is 0 Å². The number of rotatable bonds is 5. The van der Waals surface area contributed by atoms with Crippen LogP contribution >= 0.6 is 0 Å². The van der Waals surface area contributed by atoms with Crippen molar-refractivity contribution in [2.75, 3.05) is 0 Å². The van der Waals surface area contributed by atoms with Gasteiger partial charge in [-0.25, -0.2) is 0 Å². The number of benzene rings is 1. The van der Waals surface area contributed by atoms with E-state index in [0.717, 1.165) is 19.3 Å². The van der Waals surface area contributed by atoms with Gasteiger partial charge in [0.1, 0.15) is 0 Å². The van der Waals surface area contributed by atoms with Crippen LogP contribution in [0.4, 0.5) is 0 Å². The van der Waals surface area contributed by atoms with Gasteiger partial charge in [-0.05, 0) is 30.7 Å². The Bertz CT molecular complexity index is 407. The molecule has 1 aliphatic carbocycles. The van der Waals surface area contributed by atoms with Crippen molar-refractivity contribution in [3.8, 4) is 0 Å². The number of nitrogens with one attached hydrogen (secondary N) is 1. The van der Waals surface area contributed by atoms with Gasteiger partial charge in [0.25, 0.3) is 0 Å². The topological polar surface area (TPSA) is 29.1 Å². The molecule has 0 aromatic heterocycles. The Balaban J connectivity index is 2.01. The lowest BCUT2D eigenvalue weighted by atomic mass is 9.88. The van der Waals surface area contributed by atoms with Gasteiger partial charge in [-0.3, -0.25) is 4.79 Å². The molecule has 0 heterocycles. The van der Waals surface area contributed by atoms with E-state index in [0.29, 0.717) is 5.92 Å². The van der Waals surface area contributed by atoms with Crippen LogP contribution < -0.4 is 5.32 Å². The first-order valence-electron chi connectivity index (χ1n) is 8.02. The summed E-state index contributed by atoms with van der Waals surface area (Å²) in [6.45, 7) is 4.42. The summed E-state index contributed by atoms with van der Waals surface area (Å²) < 4.78 is 0. The van der Waals surface area contributed by atoms with Gasteiger partial charge in [-0.2, -0.15) is 0 Å². The lowest BCUT2D eigenvalue weighted by Gasteiger charge is -2.26. The van der Waals surface area contributed by atoms with Crippen molar-refractivity contribution >= 4 is 5.91 Å². The van der Waals surface area contributed by atoms with Crippen molar-refractivity contribution in [2.45, 2.75) is 58.4 Å². The predicted molar refractivity (Wildman–Crippen MR) is 83.4 cm³/mol. The third-order valence-electron chi connectivity index (χ3n) is 4.20. The van der Waals surface area contributed by atoms with Crippen LogP contribution in [-0.4, -0.2) is 5.91 Å². The minimum atomic E-state index is 0.158. The predicted octanol–water partition coefficient (Wildman–Crippen LogP) is 4.47. The van der Waals surface area contributed by atoms with Gasteiger partial charge >= 0.3 is 0 Å². The van der Waals surface area contributed by atoms with E-state index < -0.39 is 0 Å². The highest BCUT2D eigenvalue weighted by atomic mass is 16.1. The zero-order chi connectivity index (χ0) is 14.4. The minimum absolute atomic E-state index is 0.158. The quantitative estimate of drug-likeness (QED) is 0.842. The minimum Gasteiger partial charge on any atom is -0.349 e. The Hall–Kier alpha value is -1.31. The normalized spacial score (nSPS) is 17.9. The van der Waals surface area contributed by atoms with E-state index in [1.165, 1.54) is 24.8 Å². The van der Waals surface area contributed by atoms with E-state index in [4.69, 9.17) is 0 Å². The standard InChI is InChI=1S/C18H27NO/c1-14(2)13-17(15-9-5-3-6-10-15)19-18(20)16-11-7-4-8-12-16/h3,5-6,9-10,14,16-17H,4,7-8,11-13H2,1-2H3,(H,19,20)/t17-/m1/s1. The summed E-state index contributed by atoms with van der Waals surface area (Å²) in [5, 5.41) is 3.30. The monoisotopic (exact) mass is 273 g/mol. The van der Waals surface area contributed by atoms with Crippen LogP contribution in [0.25, 0.3) is 0 Å². The Kier molecular flexibility index (Phi) is 5.63. The van der Waals surface area contributed by atoms with Crippen LogP contribution in [0.15, 0.2) is 30.3 Å². The summed E-state index contributed by atoms with van der Waals surface area (Å²) in [5.41, 5.74) is 1.23. The van der Waals surface area contributed by atoms with E-state index in [1.54, 1.807) is 0 Å². The van der Waals surface area contributed by atoms with E-state index in [1.807, 2.05) is 6.07 Å². The molecule has 0 spiro atoms. The molecule has 1 aliphatic rings. The Morgan fingerprint density at radius 2 is 1.80 bits per heavy atom. The highest BCUT2D eigenvalue weighted by Crippen LogP contribution is 2.26. The largest absolute Gasteiger partial charge is 0.349 e. The molecule has 0 saturated heterocycles. The Morgan fingerprint density at radius 3 is 2.40 bits per heavy atom. The molecule has 0 aliphatic heterocycles. The lowest BCUT2D eigenvalue weighted by molar-refractivity contribution is -0.126. The van der Waals surface area contributed by atoms with Gasteiger partial charge in [0, 0.05) is 5.92 Å². The molecule has 1 aromatic carbocycles. The SMILES string of the molecule is CC(C)C[C@@H](NC(=O)C1CCCCC1)c1ccccc1. The fourth-order valence-electron chi connectivity index (χ4n) is 3.09. The zero-order valence-electron chi connectivity index (χ0n) is 12.8. The summed E-state index contributed by atoms with van der Waals surface area (Å²) in [6, 6.07) is 10.5. The third kappa shape index (κ3) is 4.36. The first-order valence-corrected chi connectivity index (χ1v) is 8.02. The summed E-state index contributed by atoms with van der Waals surface area (Å²) in [4.78, 5) is 12.5. The molecule has 1 atom stereocenters. The van der Waals surface area contributed by atoms with E-state index in [-0.39, 0.29) is 17.9 Å². The Morgan fingerprint density at radius 1 is 1.15 bits per heavy atom. The molecular weight excluding hydrogens is 246 g/mol. The number of carbonyl (C=O) groups is 1. The summed E-state index contributed by atoms with van der Waals surface area (Å²) in [6.07, 6.45) is 6.83. The van der Waals surface area contributed by atoms with Gasteiger partial charge in [-0.1, -0.05) is 63.4 Å². The summed E-state index contributed by atoms with van der Waals surface area (Å²) in [5.74, 6) is 1.08. The van der Waals surface area contributed by atoms with Crippen LogP contribution in [0.5, 0.6) is 0 Å². The van der Waals surface area contributed by atoms with E-state index in [9.17, 15) is 4.79 Å². The highest BCUT2D eigenvalue weighted by Gasteiger charge is 2.24. The molecule has 20 heavy (non-hydrogen) atoms. The Labute approximate surface area is 123 Å². The fraction of sp³-hybridized carbons (Fsp3) is 0.611. The van der Waals surface area contributed by atoms with Crippen molar-refractivity contribution < 1.29 is 4.79 Å². The third-order valence-corrected chi connectivity index (χ3v) is 4.20. The van der Waals surface area contributed by atoms with Gasteiger partial charge < -0.3 is 5.32 Å². The van der Waals surface area contributed by atoms with Crippen molar-refractivity contribution in [1.82, 2.24) is 5.32 Å². The maximum atomic E-state index is 12.5. The molecule has 2 rings (SSSR count). The second-order valence-electron chi connectivity index (χ2n) is 6.44. The molecule has 1 fully saturated rings. The van der Waals surface area contributed by atoms with E-state index >= 15 is 0 Å². The van der Waals surface area contributed by atoms with Crippen molar-refractivity contribution in [3.05, 3.63) is 35.9 Å². The molecule has 0 unspecified atom stereocenters. The first-order chi connectivity index (χ1) is 9.66. The maximum Gasteiger partial charge on any atom is 0.223 e. The lowest BCUT2D eigenvalue weighted by Crippen LogP contribution is -2.35. The van der Waals surface area contributed by atoms with Gasteiger partial charge in [0.2, 0.25) is 5.91 Å². The molecule has 0 bridgehead atoms. The average molecular weight is 273 g/mol. The van der Waals surface area contributed by atoms with Gasteiger partial charge in [0.05, 0.1) is 6.04 Å². The molecule has 1 aromatic rings. The van der Waals surface area contributed by atoms with Crippen molar-refractivity contribution in [2.24, 2.45) is 11.8 Å². The van der Waals surface area contributed by atoms with Crippen LogP contribution in [0, 0.1) is 11.8 Å². The fourth-order valence-corrected chi connectivity index (χ4v) is 3.09. The summed E-state index contributed by atoms with van der Waals surface area (Å²) in [7, 11) is 0. The van der Waals surface area contributed by atoms with E-state index in [2.05, 4.69) is 43.4 Å². The van der Waals surface area contributed by atoms with Crippen LogP contribution in [0.3, 0.4) is 0 Å². The smallest absolute Gasteiger partial charge is 0.223 e.